The van der Waals surface area contributed by atoms with Crippen molar-refractivity contribution in [3.63, 3.8) is 0 Å². The molecule has 0 fully saturated rings. The van der Waals surface area contributed by atoms with E-state index in [1.807, 2.05) is 30.5 Å². The second-order valence-corrected chi connectivity index (χ2v) is 8.02. The van der Waals surface area contributed by atoms with Crippen molar-refractivity contribution in [3.8, 4) is 5.75 Å². The number of fused-ring (bicyclic) bond motifs is 1. The van der Waals surface area contributed by atoms with Crippen LogP contribution in [-0.2, 0) is 18.3 Å². The molecule has 4 heteroatoms. The summed E-state index contributed by atoms with van der Waals surface area (Å²) in [5, 5.41) is 2.90. The molecule has 0 radical (unpaired) electrons. The van der Waals surface area contributed by atoms with E-state index in [0.29, 0.717) is 17.1 Å². The summed E-state index contributed by atoms with van der Waals surface area (Å²) in [6.07, 6.45) is 7.52. The number of nitrogens with one attached hydrogen (secondary N) is 1. The standard InChI is InChI=1S/C22H28N2O2/c1-22(2,3)17-10-11-20(23-14-17)24-21(25)18-12-15-8-6-5-7-9-16(15)13-19(18)26-4/h10-14H,5-9H2,1-4H3,(H,23,24,25). The van der Waals surface area contributed by atoms with Gasteiger partial charge in [-0.15, -0.1) is 0 Å². The maximum Gasteiger partial charge on any atom is 0.260 e. The molecule has 0 unspecified atom stereocenters. The molecule has 1 aliphatic carbocycles. The highest BCUT2D eigenvalue weighted by atomic mass is 16.5. The van der Waals surface area contributed by atoms with Crippen LogP contribution in [0.5, 0.6) is 5.75 Å². The lowest BCUT2D eigenvalue weighted by Crippen LogP contribution is -2.16. The van der Waals surface area contributed by atoms with E-state index in [-0.39, 0.29) is 11.3 Å². The van der Waals surface area contributed by atoms with Gasteiger partial charge in [-0.3, -0.25) is 4.79 Å². The Bertz CT molecular complexity index is 789. The summed E-state index contributed by atoms with van der Waals surface area (Å²) in [6, 6.07) is 7.90. The summed E-state index contributed by atoms with van der Waals surface area (Å²) >= 11 is 0. The second-order valence-electron chi connectivity index (χ2n) is 8.02. The number of hydrogen-bond donors (Lipinski definition) is 1. The molecule has 0 saturated heterocycles. The summed E-state index contributed by atoms with van der Waals surface area (Å²) in [5.41, 5.74) is 4.33. The van der Waals surface area contributed by atoms with Crippen LogP contribution in [0, 0.1) is 0 Å². The molecule has 0 aliphatic heterocycles. The van der Waals surface area contributed by atoms with E-state index in [9.17, 15) is 4.79 Å². The number of carbonyl (C=O) groups is 1. The molecule has 1 aromatic carbocycles. The van der Waals surface area contributed by atoms with Crippen molar-refractivity contribution in [2.24, 2.45) is 0 Å². The number of nitrogens with zero attached hydrogens (tertiary/aromatic N) is 1. The molecule has 1 amide bonds. The highest BCUT2D eigenvalue weighted by Crippen LogP contribution is 2.29. The van der Waals surface area contributed by atoms with Crippen LogP contribution in [0.2, 0.25) is 0 Å². The molecule has 1 aromatic heterocycles. The van der Waals surface area contributed by atoms with Crippen LogP contribution >= 0.6 is 0 Å². The van der Waals surface area contributed by atoms with Crippen LogP contribution in [0.15, 0.2) is 30.5 Å². The maximum atomic E-state index is 12.8. The average molecular weight is 352 g/mol. The lowest BCUT2D eigenvalue weighted by Gasteiger charge is -2.18. The van der Waals surface area contributed by atoms with E-state index in [1.54, 1.807) is 7.11 Å². The smallest absolute Gasteiger partial charge is 0.260 e. The van der Waals surface area contributed by atoms with Crippen LogP contribution < -0.4 is 10.1 Å². The number of carbonyl (C=O) groups excluding carboxylic acids is 1. The van der Waals surface area contributed by atoms with Crippen LogP contribution in [-0.4, -0.2) is 18.0 Å². The van der Waals surface area contributed by atoms with Crippen LogP contribution in [0.3, 0.4) is 0 Å². The number of aryl methyl sites for hydroxylation is 2. The second kappa shape index (κ2) is 7.48. The Hall–Kier alpha value is -2.36. The first-order valence-electron chi connectivity index (χ1n) is 9.36. The molecule has 0 bridgehead atoms. The van der Waals surface area contributed by atoms with E-state index >= 15 is 0 Å². The molecular formula is C22H28N2O2. The predicted molar refractivity (Wildman–Crippen MR) is 105 cm³/mol. The summed E-state index contributed by atoms with van der Waals surface area (Å²) in [6.45, 7) is 6.43. The van der Waals surface area contributed by atoms with Crippen LogP contribution in [0.25, 0.3) is 0 Å². The van der Waals surface area contributed by atoms with Crippen molar-refractivity contribution < 1.29 is 9.53 Å². The quantitative estimate of drug-likeness (QED) is 0.799. The van der Waals surface area contributed by atoms with E-state index in [2.05, 4.69) is 31.1 Å². The number of anilines is 1. The van der Waals surface area contributed by atoms with E-state index in [4.69, 9.17) is 4.74 Å². The van der Waals surface area contributed by atoms with Gasteiger partial charge in [0, 0.05) is 6.20 Å². The minimum absolute atomic E-state index is 0.0375. The Morgan fingerprint density at radius 1 is 1.08 bits per heavy atom. The largest absolute Gasteiger partial charge is 0.496 e. The molecule has 1 N–H and O–H groups in total. The average Bonchev–Trinajstić information content (AvgIpc) is 2.84. The van der Waals surface area contributed by atoms with Gasteiger partial charge in [-0.1, -0.05) is 33.3 Å². The van der Waals surface area contributed by atoms with E-state index < -0.39 is 0 Å². The van der Waals surface area contributed by atoms with Crippen molar-refractivity contribution >= 4 is 11.7 Å². The summed E-state index contributed by atoms with van der Waals surface area (Å²) in [7, 11) is 1.62. The van der Waals surface area contributed by atoms with Crippen molar-refractivity contribution in [1.82, 2.24) is 4.98 Å². The normalized spacial score (nSPS) is 14.3. The first-order valence-corrected chi connectivity index (χ1v) is 9.36. The van der Waals surface area contributed by atoms with Gasteiger partial charge in [0.1, 0.15) is 11.6 Å². The Morgan fingerprint density at radius 3 is 2.35 bits per heavy atom. The molecule has 1 heterocycles. The summed E-state index contributed by atoms with van der Waals surface area (Å²) < 4.78 is 5.49. The fraction of sp³-hybridized carbons (Fsp3) is 0.455. The van der Waals surface area contributed by atoms with E-state index in [1.165, 1.54) is 30.4 Å². The number of rotatable bonds is 3. The third-order valence-corrected chi connectivity index (χ3v) is 5.03. The lowest BCUT2D eigenvalue weighted by atomic mass is 9.88. The topological polar surface area (TPSA) is 51.2 Å². The number of hydrogen-bond acceptors (Lipinski definition) is 3. The first-order chi connectivity index (χ1) is 12.4. The Labute approximate surface area is 156 Å². The molecule has 0 spiro atoms. The fourth-order valence-corrected chi connectivity index (χ4v) is 3.38. The summed E-state index contributed by atoms with van der Waals surface area (Å²) in [5.74, 6) is 1.01. The Balaban J connectivity index is 1.84. The zero-order chi connectivity index (χ0) is 18.7. The van der Waals surface area contributed by atoms with Gasteiger partial charge in [0.25, 0.3) is 5.91 Å². The third kappa shape index (κ3) is 4.06. The number of methoxy groups -OCH3 is 1. The summed E-state index contributed by atoms with van der Waals surface area (Å²) in [4.78, 5) is 17.2. The van der Waals surface area contributed by atoms with Gasteiger partial charge in [-0.2, -0.15) is 0 Å². The van der Waals surface area contributed by atoms with Gasteiger partial charge in [0.2, 0.25) is 0 Å². The van der Waals surface area contributed by atoms with Gasteiger partial charge in [0.15, 0.2) is 0 Å². The molecule has 138 valence electrons. The molecule has 2 aromatic rings. The third-order valence-electron chi connectivity index (χ3n) is 5.03. The molecule has 4 nitrogen and oxygen atoms in total. The predicted octanol–water partition coefficient (Wildman–Crippen LogP) is 4.91. The highest BCUT2D eigenvalue weighted by molar-refractivity contribution is 6.06. The van der Waals surface area contributed by atoms with Crippen molar-refractivity contribution in [3.05, 3.63) is 52.7 Å². The molecule has 0 saturated carbocycles. The van der Waals surface area contributed by atoms with Crippen molar-refractivity contribution in [2.75, 3.05) is 12.4 Å². The van der Waals surface area contributed by atoms with Gasteiger partial charge < -0.3 is 10.1 Å². The molecular weight excluding hydrogens is 324 g/mol. The zero-order valence-electron chi connectivity index (χ0n) is 16.2. The minimum Gasteiger partial charge on any atom is -0.496 e. The lowest BCUT2D eigenvalue weighted by molar-refractivity contribution is 0.102. The number of aromatic nitrogens is 1. The number of benzene rings is 1. The minimum atomic E-state index is -0.176. The fourth-order valence-electron chi connectivity index (χ4n) is 3.38. The SMILES string of the molecule is COc1cc2c(cc1C(=O)Nc1ccc(C(C)(C)C)cn1)CCCCC2. The van der Waals surface area contributed by atoms with Gasteiger partial charge >= 0.3 is 0 Å². The monoisotopic (exact) mass is 352 g/mol. The van der Waals surface area contributed by atoms with Crippen LogP contribution in [0.1, 0.15) is 67.1 Å². The Morgan fingerprint density at radius 2 is 1.77 bits per heavy atom. The van der Waals surface area contributed by atoms with Gasteiger partial charge in [0.05, 0.1) is 12.7 Å². The molecule has 3 rings (SSSR count). The van der Waals surface area contributed by atoms with Crippen molar-refractivity contribution in [2.45, 2.75) is 58.3 Å². The maximum absolute atomic E-state index is 12.8. The molecule has 1 aliphatic rings. The van der Waals surface area contributed by atoms with Crippen LogP contribution in [0.4, 0.5) is 5.82 Å². The Kier molecular flexibility index (Phi) is 5.30. The van der Waals surface area contributed by atoms with Crippen molar-refractivity contribution in [1.29, 1.82) is 0 Å². The zero-order valence-corrected chi connectivity index (χ0v) is 16.2. The van der Waals surface area contributed by atoms with Gasteiger partial charge in [-0.25, -0.2) is 4.98 Å². The molecule has 0 atom stereocenters. The van der Waals surface area contributed by atoms with Gasteiger partial charge in [-0.05, 0) is 66.0 Å². The first kappa shape index (κ1) is 18.4. The number of amides is 1. The number of pyridine rings is 1. The number of ether oxygens (including phenoxy) is 1. The molecule has 26 heavy (non-hydrogen) atoms. The van der Waals surface area contributed by atoms with E-state index in [0.717, 1.165) is 18.4 Å². The highest BCUT2D eigenvalue weighted by Gasteiger charge is 2.19.